The number of unbranched alkanes of at least 4 members (excludes halogenated alkanes) is 1. The van der Waals surface area contributed by atoms with Crippen molar-refractivity contribution in [2.45, 2.75) is 76.8 Å². The van der Waals surface area contributed by atoms with Gasteiger partial charge in [0.25, 0.3) is 0 Å². The van der Waals surface area contributed by atoms with Gasteiger partial charge in [-0.05, 0) is 25.7 Å². The molecule has 0 bridgehead atoms. The Bertz CT molecular complexity index is 348. The first-order valence-corrected chi connectivity index (χ1v) is 7.77. The van der Waals surface area contributed by atoms with E-state index < -0.39 is 5.54 Å². The van der Waals surface area contributed by atoms with Gasteiger partial charge in [-0.3, -0.25) is 9.59 Å². The largest absolute Gasteiger partial charge is 0.340 e. The molecule has 0 aromatic rings. The normalized spacial score (nSPS) is 26.6. The van der Waals surface area contributed by atoms with Crippen molar-refractivity contribution in [3.8, 4) is 0 Å². The zero-order valence-corrected chi connectivity index (χ0v) is 12.2. The molecule has 1 unspecified atom stereocenters. The van der Waals surface area contributed by atoms with Gasteiger partial charge in [0.2, 0.25) is 11.8 Å². The summed E-state index contributed by atoms with van der Waals surface area (Å²) < 4.78 is 0. The van der Waals surface area contributed by atoms with Crippen molar-refractivity contribution in [2.24, 2.45) is 0 Å². The van der Waals surface area contributed by atoms with E-state index in [1.165, 1.54) is 6.42 Å². The lowest BCUT2D eigenvalue weighted by atomic mass is 9.78. The third-order valence-electron chi connectivity index (χ3n) is 4.56. The Balaban J connectivity index is 2.21. The predicted molar refractivity (Wildman–Crippen MR) is 74.7 cm³/mol. The molecule has 0 aromatic heterocycles. The third kappa shape index (κ3) is 2.63. The smallest absolute Gasteiger partial charge is 0.249 e. The highest BCUT2D eigenvalue weighted by atomic mass is 16.2. The van der Waals surface area contributed by atoms with Crippen LogP contribution in [-0.4, -0.2) is 34.8 Å². The molecule has 4 nitrogen and oxygen atoms in total. The molecule has 1 aliphatic heterocycles. The van der Waals surface area contributed by atoms with E-state index in [0.29, 0.717) is 6.42 Å². The van der Waals surface area contributed by atoms with Crippen LogP contribution in [0.5, 0.6) is 0 Å². The van der Waals surface area contributed by atoms with Crippen LogP contribution in [0.15, 0.2) is 0 Å². The summed E-state index contributed by atoms with van der Waals surface area (Å²) in [6.07, 6.45) is 7.64. The summed E-state index contributed by atoms with van der Waals surface area (Å²) in [7, 11) is 0. The standard InChI is InChI=1S/C15H26N2O2/c1-3-5-11-17-12(4-2)13(18)16-15(14(17)19)9-7-6-8-10-15/h12H,3-11H2,1-2H3,(H,16,18). The number of hydrogen-bond donors (Lipinski definition) is 1. The number of nitrogens with one attached hydrogen (secondary N) is 1. The minimum absolute atomic E-state index is 0.0557. The van der Waals surface area contributed by atoms with Crippen LogP contribution in [0.1, 0.15) is 65.2 Å². The molecule has 108 valence electrons. The Morgan fingerprint density at radius 3 is 2.47 bits per heavy atom. The second kappa shape index (κ2) is 5.93. The summed E-state index contributed by atoms with van der Waals surface area (Å²) >= 11 is 0. The number of carbonyl (C=O) groups excluding carboxylic acids is 2. The van der Waals surface area contributed by atoms with Gasteiger partial charge in [-0.15, -0.1) is 0 Å². The Hall–Kier alpha value is -1.06. The molecule has 1 atom stereocenters. The zero-order valence-electron chi connectivity index (χ0n) is 12.2. The van der Waals surface area contributed by atoms with E-state index in [-0.39, 0.29) is 17.9 Å². The van der Waals surface area contributed by atoms with Crippen molar-refractivity contribution >= 4 is 11.8 Å². The number of amides is 2. The summed E-state index contributed by atoms with van der Waals surface area (Å²) in [5.74, 6) is 0.229. The van der Waals surface area contributed by atoms with Crippen molar-refractivity contribution in [3.05, 3.63) is 0 Å². The summed E-state index contributed by atoms with van der Waals surface area (Å²) in [5.41, 5.74) is -0.575. The third-order valence-corrected chi connectivity index (χ3v) is 4.56. The minimum atomic E-state index is -0.575. The van der Waals surface area contributed by atoms with Gasteiger partial charge in [0.15, 0.2) is 0 Å². The van der Waals surface area contributed by atoms with E-state index in [1.54, 1.807) is 0 Å². The van der Waals surface area contributed by atoms with Gasteiger partial charge in [0.1, 0.15) is 11.6 Å². The molecule has 0 aromatic carbocycles. The van der Waals surface area contributed by atoms with Gasteiger partial charge in [0, 0.05) is 6.54 Å². The van der Waals surface area contributed by atoms with Crippen molar-refractivity contribution in [3.63, 3.8) is 0 Å². The highest BCUT2D eigenvalue weighted by Crippen LogP contribution is 2.33. The van der Waals surface area contributed by atoms with Crippen molar-refractivity contribution in [1.29, 1.82) is 0 Å². The van der Waals surface area contributed by atoms with E-state index in [2.05, 4.69) is 12.2 Å². The molecule has 1 heterocycles. The Morgan fingerprint density at radius 1 is 1.21 bits per heavy atom. The molecule has 2 rings (SSSR count). The Labute approximate surface area is 115 Å². The van der Waals surface area contributed by atoms with Gasteiger partial charge in [-0.2, -0.15) is 0 Å². The van der Waals surface area contributed by atoms with E-state index in [9.17, 15) is 9.59 Å². The maximum atomic E-state index is 12.8. The molecule has 1 saturated carbocycles. The molecule has 2 amide bonds. The first-order chi connectivity index (χ1) is 9.14. The summed E-state index contributed by atoms with van der Waals surface area (Å²) in [6, 6.07) is -0.258. The zero-order chi connectivity index (χ0) is 13.9. The van der Waals surface area contributed by atoms with Crippen LogP contribution in [0.4, 0.5) is 0 Å². The molecule has 2 aliphatic rings. The Kier molecular flexibility index (Phi) is 4.48. The topological polar surface area (TPSA) is 49.4 Å². The molecule has 0 radical (unpaired) electrons. The first kappa shape index (κ1) is 14.4. The highest BCUT2D eigenvalue weighted by molar-refractivity contribution is 5.99. The van der Waals surface area contributed by atoms with E-state index in [1.807, 2.05) is 11.8 Å². The lowest BCUT2D eigenvalue weighted by Gasteiger charge is -2.47. The molecule has 1 N–H and O–H groups in total. The number of hydrogen-bond acceptors (Lipinski definition) is 2. The fourth-order valence-electron chi connectivity index (χ4n) is 3.42. The monoisotopic (exact) mass is 266 g/mol. The Morgan fingerprint density at radius 2 is 1.89 bits per heavy atom. The fourth-order valence-corrected chi connectivity index (χ4v) is 3.42. The van der Waals surface area contributed by atoms with Crippen molar-refractivity contribution in [1.82, 2.24) is 10.2 Å². The molecule has 4 heteroatoms. The SMILES string of the molecule is CCCCN1C(=O)C2(CCCCC2)NC(=O)C1CC. The maximum Gasteiger partial charge on any atom is 0.249 e. The van der Waals surface area contributed by atoms with Crippen molar-refractivity contribution in [2.75, 3.05) is 6.54 Å². The second-order valence-electron chi connectivity index (χ2n) is 5.91. The molecule has 1 spiro atoms. The van der Waals surface area contributed by atoms with E-state index >= 15 is 0 Å². The van der Waals surface area contributed by atoms with E-state index in [4.69, 9.17) is 0 Å². The summed E-state index contributed by atoms with van der Waals surface area (Å²) in [6.45, 7) is 4.82. The van der Waals surface area contributed by atoms with E-state index in [0.717, 1.165) is 45.1 Å². The second-order valence-corrected chi connectivity index (χ2v) is 5.91. The maximum absolute atomic E-state index is 12.8. The molecule has 19 heavy (non-hydrogen) atoms. The molecule has 1 saturated heterocycles. The number of rotatable bonds is 4. The van der Waals surface area contributed by atoms with Crippen LogP contribution >= 0.6 is 0 Å². The van der Waals surface area contributed by atoms with Gasteiger partial charge in [-0.1, -0.05) is 39.5 Å². The summed E-state index contributed by atoms with van der Waals surface area (Å²) in [5, 5.41) is 3.06. The predicted octanol–water partition coefficient (Wildman–Crippen LogP) is 2.23. The lowest BCUT2D eigenvalue weighted by molar-refractivity contribution is -0.156. The van der Waals surface area contributed by atoms with Crippen LogP contribution in [0.25, 0.3) is 0 Å². The molecule has 2 fully saturated rings. The van der Waals surface area contributed by atoms with Crippen molar-refractivity contribution < 1.29 is 9.59 Å². The van der Waals surface area contributed by atoms with Crippen LogP contribution in [-0.2, 0) is 9.59 Å². The van der Waals surface area contributed by atoms with Gasteiger partial charge in [-0.25, -0.2) is 0 Å². The van der Waals surface area contributed by atoms with Crippen LogP contribution in [0.3, 0.4) is 0 Å². The molecular formula is C15H26N2O2. The minimum Gasteiger partial charge on any atom is -0.340 e. The summed E-state index contributed by atoms with van der Waals surface area (Å²) in [4.78, 5) is 27.0. The molecular weight excluding hydrogens is 240 g/mol. The van der Waals surface area contributed by atoms with Crippen LogP contribution in [0, 0.1) is 0 Å². The lowest BCUT2D eigenvalue weighted by Crippen LogP contribution is -2.70. The average Bonchev–Trinajstić information content (AvgIpc) is 2.42. The first-order valence-electron chi connectivity index (χ1n) is 7.77. The van der Waals surface area contributed by atoms with Gasteiger partial charge >= 0.3 is 0 Å². The van der Waals surface area contributed by atoms with Crippen LogP contribution < -0.4 is 5.32 Å². The quantitative estimate of drug-likeness (QED) is 0.848. The molecule has 1 aliphatic carbocycles. The number of piperazine rings is 1. The van der Waals surface area contributed by atoms with Gasteiger partial charge < -0.3 is 10.2 Å². The highest BCUT2D eigenvalue weighted by Gasteiger charge is 2.50. The van der Waals surface area contributed by atoms with Gasteiger partial charge in [0.05, 0.1) is 0 Å². The average molecular weight is 266 g/mol. The number of nitrogens with zero attached hydrogens (tertiary/aromatic N) is 1. The number of carbonyl (C=O) groups is 2. The fraction of sp³-hybridized carbons (Fsp3) is 0.867. The van der Waals surface area contributed by atoms with Crippen LogP contribution in [0.2, 0.25) is 0 Å².